The number of carbonyl (C=O) groups is 3. The van der Waals surface area contributed by atoms with Crippen molar-refractivity contribution in [2.45, 2.75) is 25.0 Å². The van der Waals surface area contributed by atoms with E-state index in [9.17, 15) is 19.5 Å². The minimum Gasteiger partial charge on any atom is -0.480 e. The van der Waals surface area contributed by atoms with Crippen LogP contribution in [0.15, 0.2) is 0 Å². The molecule has 2 aliphatic rings. The van der Waals surface area contributed by atoms with Crippen LogP contribution in [0.5, 0.6) is 0 Å². The SMILES string of the molecule is COC1CC(C(=O)O)N(C(=O)N2CCCNC(=O)C2)C1. The van der Waals surface area contributed by atoms with Gasteiger partial charge in [-0.1, -0.05) is 0 Å². The van der Waals surface area contributed by atoms with Crippen molar-refractivity contribution in [2.75, 3.05) is 33.3 Å². The van der Waals surface area contributed by atoms with Gasteiger partial charge in [-0.25, -0.2) is 9.59 Å². The molecule has 2 heterocycles. The van der Waals surface area contributed by atoms with E-state index in [2.05, 4.69) is 5.32 Å². The Labute approximate surface area is 116 Å². The summed E-state index contributed by atoms with van der Waals surface area (Å²) in [5.41, 5.74) is 0. The van der Waals surface area contributed by atoms with Crippen LogP contribution in [0.4, 0.5) is 4.79 Å². The van der Waals surface area contributed by atoms with Gasteiger partial charge in [0.25, 0.3) is 0 Å². The molecule has 2 saturated heterocycles. The predicted octanol–water partition coefficient (Wildman–Crippen LogP) is -0.898. The first-order valence-electron chi connectivity index (χ1n) is 6.60. The predicted molar refractivity (Wildman–Crippen MR) is 68.1 cm³/mol. The lowest BCUT2D eigenvalue weighted by atomic mass is 10.2. The summed E-state index contributed by atoms with van der Waals surface area (Å²) in [5.74, 6) is -1.26. The van der Waals surface area contributed by atoms with Gasteiger partial charge in [0.1, 0.15) is 12.6 Å². The molecule has 8 nitrogen and oxygen atoms in total. The Morgan fingerprint density at radius 3 is 2.85 bits per heavy atom. The van der Waals surface area contributed by atoms with Crippen LogP contribution >= 0.6 is 0 Å². The number of carboxylic acids is 1. The van der Waals surface area contributed by atoms with E-state index in [0.717, 1.165) is 0 Å². The van der Waals surface area contributed by atoms with Crippen LogP contribution in [0.1, 0.15) is 12.8 Å². The number of hydrogen-bond donors (Lipinski definition) is 2. The first kappa shape index (κ1) is 14.6. The number of carbonyl (C=O) groups excluding carboxylic acids is 2. The zero-order valence-corrected chi connectivity index (χ0v) is 11.4. The molecule has 0 bridgehead atoms. The summed E-state index contributed by atoms with van der Waals surface area (Å²) >= 11 is 0. The molecule has 20 heavy (non-hydrogen) atoms. The quantitative estimate of drug-likeness (QED) is 0.685. The summed E-state index contributed by atoms with van der Waals surface area (Å²) in [4.78, 5) is 37.8. The number of methoxy groups -OCH3 is 1. The van der Waals surface area contributed by atoms with Crippen LogP contribution < -0.4 is 5.32 Å². The van der Waals surface area contributed by atoms with Crippen molar-refractivity contribution in [2.24, 2.45) is 0 Å². The molecule has 2 fully saturated rings. The zero-order chi connectivity index (χ0) is 14.7. The van der Waals surface area contributed by atoms with Gasteiger partial charge < -0.3 is 25.0 Å². The number of urea groups is 1. The summed E-state index contributed by atoms with van der Waals surface area (Å²) in [6.45, 7) is 1.19. The van der Waals surface area contributed by atoms with Crippen molar-refractivity contribution in [3.05, 3.63) is 0 Å². The normalized spacial score (nSPS) is 27.1. The van der Waals surface area contributed by atoms with Crippen molar-refractivity contribution < 1.29 is 24.2 Å². The number of ether oxygens (including phenoxy) is 1. The number of amides is 3. The Balaban J connectivity index is 2.09. The highest BCUT2D eigenvalue weighted by Crippen LogP contribution is 2.22. The topological polar surface area (TPSA) is 99.2 Å². The molecule has 0 aromatic rings. The van der Waals surface area contributed by atoms with Gasteiger partial charge in [-0.3, -0.25) is 4.79 Å². The van der Waals surface area contributed by atoms with Gasteiger partial charge in [-0.05, 0) is 6.42 Å². The van der Waals surface area contributed by atoms with E-state index in [-0.39, 0.29) is 31.5 Å². The van der Waals surface area contributed by atoms with Crippen molar-refractivity contribution in [3.63, 3.8) is 0 Å². The second kappa shape index (κ2) is 6.08. The molecule has 2 rings (SSSR count). The Morgan fingerprint density at radius 1 is 1.45 bits per heavy atom. The molecule has 2 N–H and O–H groups in total. The third kappa shape index (κ3) is 3.01. The number of aliphatic carboxylic acids is 1. The van der Waals surface area contributed by atoms with E-state index < -0.39 is 18.0 Å². The van der Waals surface area contributed by atoms with Gasteiger partial charge in [0.15, 0.2) is 0 Å². The first-order valence-corrected chi connectivity index (χ1v) is 6.60. The molecular formula is C12H19N3O5. The molecule has 0 aromatic carbocycles. The molecule has 0 aliphatic carbocycles. The third-order valence-corrected chi connectivity index (χ3v) is 3.66. The number of carboxylic acid groups (broad SMARTS) is 1. The van der Waals surface area contributed by atoms with Gasteiger partial charge in [-0.2, -0.15) is 0 Å². The van der Waals surface area contributed by atoms with Crippen molar-refractivity contribution in [1.82, 2.24) is 15.1 Å². The Kier molecular flexibility index (Phi) is 4.43. The monoisotopic (exact) mass is 285 g/mol. The number of nitrogens with zero attached hydrogens (tertiary/aromatic N) is 2. The second-order valence-electron chi connectivity index (χ2n) is 5.01. The van der Waals surface area contributed by atoms with Crippen LogP contribution in [0.25, 0.3) is 0 Å². The molecule has 2 unspecified atom stereocenters. The molecule has 0 spiro atoms. The second-order valence-corrected chi connectivity index (χ2v) is 5.01. The van der Waals surface area contributed by atoms with Gasteiger partial charge in [0.05, 0.1) is 6.10 Å². The van der Waals surface area contributed by atoms with Crippen LogP contribution in [0, 0.1) is 0 Å². The minimum absolute atomic E-state index is 0.0285. The van der Waals surface area contributed by atoms with Crippen LogP contribution in [0.2, 0.25) is 0 Å². The minimum atomic E-state index is -1.04. The molecule has 8 heteroatoms. The number of nitrogens with one attached hydrogen (secondary N) is 1. The lowest BCUT2D eigenvalue weighted by Crippen LogP contribution is -2.49. The molecule has 2 aliphatic heterocycles. The summed E-state index contributed by atoms with van der Waals surface area (Å²) in [6.07, 6.45) is 0.662. The molecule has 0 aromatic heterocycles. The maximum Gasteiger partial charge on any atom is 0.326 e. The average molecular weight is 285 g/mol. The summed E-state index contributed by atoms with van der Waals surface area (Å²) in [6, 6.07) is -1.30. The van der Waals surface area contributed by atoms with E-state index in [0.29, 0.717) is 19.5 Å². The largest absolute Gasteiger partial charge is 0.480 e. The third-order valence-electron chi connectivity index (χ3n) is 3.66. The number of rotatable bonds is 2. The van der Waals surface area contributed by atoms with Crippen LogP contribution in [0.3, 0.4) is 0 Å². The van der Waals surface area contributed by atoms with Gasteiger partial charge in [0, 0.05) is 33.2 Å². The number of hydrogen-bond acceptors (Lipinski definition) is 4. The molecule has 3 amide bonds. The maximum absolute atomic E-state index is 12.4. The van der Waals surface area contributed by atoms with Gasteiger partial charge in [-0.15, -0.1) is 0 Å². The highest BCUT2D eigenvalue weighted by molar-refractivity contribution is 5.87. The Hall–Kier alpha value is -1.83. The zero-order valence-electron chi connectivity index (χ0n) is 11.4. The van der Waals surface area contributed by atoms with E-state index in [1.54, 1.807) is 0 Å². The Morgan fingerprint density at radius 2 is 2.20 bits per heavy atom. The fourth-order valence-corrected chi connectivity index (χ4v) is 2.56. The standard InChI is InChI=1S/C12H19N3O5/c1-20-8-5-9(11(17)18)15(6-8)12(19)14-4-2-3-13-10(16)7-14/h8-9H,2-7H2,1H3,(H,13,16)(H,17,18). The average Bonchev–Trinajstić information content (AvgIpc) is 2.74. The summed E-state index contributed by atoms with van der Waals surface area (Å²) < 4.78 is 5.15. The van der Waals surface area contributed by atoms with Gasteiger partial charge >= 0.3 is 12.0 Å². The fourth-order valence-electron chi connectivity index (χ4n) is 2.56. The maximum atomic E-state index is 12.4. The summed E-state index contributed by atoms with van der Waals surface area (Å²) in [5, 5.41) is 11.9. The van der Waals surface area contributed by atoms with Crippen molar-refractivity contribution in [3.8, 4) is 0 Å². The van der Waals surface area contributed by atoms with Crippen LogP contribution in [-0.4, -0.2) is 78.2 Å². The number of likely N-dealkylation sites (tertiary alicyclic amines) is 1. The molecular weight excluding hydrogens is 266 g/mol. The highest BCUT2D eigenvalue weighted by Gasteiger charge is 2.41. The molecule has 112 valence electrons. The highest BCUT2D eigenvalue weighted by atomic mass is 16.5. The van der Waals surface area contributed by atoms with Crippen molar-refractivity contribution >= 4 is 17.9 Å². The van der Waals surface area contributed by atoms with E-state index in [1.165, 1.54) is 16.9 Å². The lowest BCUT2D eigenvalue weighted by Gasteiger charge is -2.28. The summed E-state index contributed by atoms with van der Waals surface area (Å²) in [7, 11) is 1.50. The van der Waals surface area contributed by atoms with Crippen molar-refractivity contribution in [1.29, 1.82) is 0 Å². The van der Waals surface area contributed by atoms with Crippen LogP contribution in [-0.2, 0) is 14.3 Å². The first-order chi connectivity index (χ1) is 9.52. The molecule has 2 atom stereocenters. The molecule has 0 radical (unpaired) electrons. The van der Waals surface area contributed by atoms with E-state index >= 15 is 0 Å². The van der Waals surface area contributed by atoms with Gasteiger partial charge in [0.2, 0.25) is 5.91 Å². The van der Waals surface area contributed by atoms with E-state index in [1.807, 2.05) is 0 Å². The van der Waals surface area contributed by atoms with E-state index in [4.69, 9.17) is 4.74 Å². The Bertz CT molecular complexity index is 414. The molecule has 0 saturated carbocycles. The smallest absolute Gasteiger partial charge is 0.326 e. The fraction of sp³-hybridized carbons (Fsp3) is 0.750. The lowest BCUT2D eigenvalue weighted by molar-refractivity contribution is -0.141.